The van der Waals surface area contributed by atoms with Crippen molar-refractivity contribution in [1.29, 1.82) is 0 Å². The molecule has 5 rings (SSSR count). The Morgan fingerprint density at radius 1 is 1.17 bits per heavy atom. The monoisotopic (exact) mass is 488 g/mol. The molecule has 1 aromatic carbocycles. The van der Waals surface area contributed by atoms with Crippen LogP contribution in [-0.4, -0.2) is 52.2 Å². The van der Waals surface area contributed by atoms with Crippen molar-refractivity contribution in [2.24, 2.45) is 5.92 Å². The standard InChI is InChI=1S/C28H32N4O4/c33-27(23-5-1-7-24-22(23)6-3-13-29-24)32-25(28(34)35)12-15-36-21-16-18(17-21)8-10-20-11-9-19-4-2-14-30-26(19)31-20/h1,3,5-7,9,11,13,18,21,25H,2,4,8,10,12,14-17H2,(H,30,31)(H,32,33)(H,34,35). The fourth-order valence-electron chi connectivity index (χ4n) is 5.05. The zero-order valence-electron chi connectivity index (χ0n) is 20.3. The number of aromatic nitrogens is 2. The van der Waals surface area contributed by atoms with Crippen molar-refractivity contribution in [2.45, 2.75) is 57.1 Å². The molecule has 1 aliphatic carbocycles. The van der Waals surface area contributed by atoms with Crippen molar-refractivity contribution >= 4 is 28.6 Å². The summed E-state index contributed by atoms with van der Waals surface area (Å²) >= 11 is 0. The van der Waals surface area contributed by atoms with Gasteiger partial charge in [-0.05, 0) is 74.3 Å². The van der Waals surface area contributed by atoms with Gasteiger partial charge in [-0.25, -0.2) is 9.78 Å². The molecule has 8 heteroatoms. The first-order chi connectivity index (χ1) is 17.6. The molecule has 0 bridgehead atoms. The SMILES string of the molecule is O=C(NC(CCOC1CC(CCc2ccc3c(n2)NCCC3)C1)C(=O)O)c1cccc2ncccc12. The third-order valence-corrected chi connectivity index (χ3v) is 7.21. The van der Waals surface area contributed by atoms with E-state index in [0.717, 1.165) is 50.2 Å². The largest absolute Gasteiger partial charge is 0.480 e. The summed E-state index contributed by atoms with van der Waals surface area (Å²) in [4.78, 5) is 33.6. The number of carboxylic acid groups (broad SMARTS) is 1. The molecule has 1 unspecified atom stereocenters. The number of hydrogen-bond donors (Lipinski definition) is 3. The van der Waals surface area contributed by atoms with Gasteiger partial charge in [-0.3, -0.25) is 9.78 Å². The summed E-state index contributed by atoms with van der Waals surface area (Å²) in [5, 5.41) is 16.4. The van der Waals surface area contributed by atoms with Crippen LogP contribution in [0, 0.1) is 5.92 Å². The Morgan fingerprint density at radius 3 is 2.92 bits per heavy atom. The topological polar surface area (TPSA) is 113 Å². The number of aryl methyl sites for hydroxylation is 2. The van der Waals surface area contributed by atoms with Crippen LogP contribution in [0.1, 0.15) is 53.7 Å². The Labute approximate surface area is 210 Å². The predicted octanol–water partition coefficient (Wildman–Crippen LogP) is 3.99. The summed E-state index contributed by atoms with van der Waals surface area (Å²) in [6, 6.07) is 12.1. The third-order valence-electron chi connectivity index (χ3n) is 7.21. The molecule has 1 saturated carbocycles. The molecule has 188 valence electrons. The normalized spacial score (nSPS) is 19.6. The molecule has 2 aromatic heterocycles. The van der Waals surface area contributed by atoms with Crippen LogP contribution in [0.25, 0.3) is 10.9 Å². The van der Waals surface area contributed by atoms with Gasteiger partial charge in [0.25, 0.3) is 5.91 Å². The fraction of sp³-hybridized carbons (Fsp3) is 0.429. The molecule has 3 N–H and O–H groups in total. The van der Waals surface area contributed by atoms with Crippen molar-refractivity contribution < 1.29 is 19.4 Å². The van der Waals surface area contributed by atoms with Crippen LogP contribution in [0.2, 0.25) is 0 Å². The molecule has 2 aliphatic rings. The Kier molecular flexibility index (Phi) is 7.41. The minimum absolute atomic E-state index is 0.155. The summed E-state index contributed by atoms with van der Waals surface area (Å²) in [7, 11) is 0. The van der Waals surface area contributed by atoms with Crippen molar-refractivity contribution in [3.63, 3.8) is 0 Å². The number of pyridine rings is 2. The minimum Gasteiger partial charge on any atom is -0.480 e. The van der Waals surface area contributed by atoms with Gasteiger partial charge in [-0.1, -0.05) is 18.2 Å². The van der Waals surface area contributed by atoms with Gasteiger partial charge in [0.2, 0.25) is 0 Å². The molecule has 36 heavy (non-hydrogen) atoms. The molecule has 1 fully saturated rings. The highest BCUT2D eigenvalue weighted by atomic mass is 16.5. The highest BCUT2D eigenvalue weighted by Crippen LogP contribution is 2.34. The molecule has 0 radical (unpaired) electrons. The van der Waals surface area contributed by atoms with Crippen molar-refractivity contribution in [3.05, 3.63) is 65.5 Å². The van der Waals surface area contributed by atoms with Gasteiger partial charge >= 0.3 is 5.97 Å². The van der Waals surface area contributed by atoms with Crippen LogP contribution in [0.4, 0.5) is 5.82 Å². The van der Waals surface area contributed by atoms with E-state index in [1.165, 1.54) is 12.0 Å². The Morgan fingerprint density at radius 2 is 2.06 bits per heavy atom. The van der Waals surface area contributed by atoms with Crippen LogP contribution in [0.3, 0.4) is 0 Å². The number of aliphatic carboxylic acids is 1. The van der Waals surface area contributed by atoms with E-state index in [-0.39, 0.29) is 12.5 Å². The predicted molar refractivity (Wildman–Crippen MR) is 137 cm³/mol. The second-order valence-electron chi connectivity index (χ2n) is 9.74. The fourth-order valence-corrected chi connectivity index (χ4v) is 5.05. The maximum absolute atomic E-state index is 12.8. The summed E-state index contributed by atoms with van der Waals surface area (Å²) in [6.45, 7) is 1.29. The number of hydrogen-bond acceptors (Lipinski definition) is 6. The van der Waals surface area contributed by atoms with Crippen LogP contribution in [-0.2, 0) is 22.4 Å². The number of benzene rings is 1. The van der Waals surface area contributed by atoms with Gasteiger partial charge in [0, 0.05) is 42.4 Å². The van der Waals surface area contributed by atoms with Crippen LogP contribution in [0.5, 0.6) is 0 Å². The van der Waals surface area contributed by atoms with Crippen molar-refractivity contribution in [1.82, 2.24) is 15.3 Å². The van der Waals surface area contributed by atoms with E-state index in [0.29, 0.717) is 29.0 Å². The van der Waals surface area contributed by atoms with E-state index in [1.54, 1.807) is 24.4 Å². The van der Waals surface area contributed by atoms with E-state index in [4.69, 9.17) is 9.72 Å². The second kappa shape index (κ2) is 11.0. The van der Waals surface area contributed by atoms with Crippen LogP contribution in [0.15, 0.2) is 48.7 Å². The molecule has 3 heterocycles. The van der Waals surface area contributed by atoms with Gasteiger partial charge in [0.05, 0.1) is 11.6 Å². The number of carboxylic acids is 1. The lowest BCUT2D eigenvalue weighted by Crippen LogP contribution is -2.42. The quantitative estimate of drug-likeness (QED) is 0.395. The number of ether oxygens (including phenoxy) is 1. The van der Waals surface area contributed by atoms with Gasteiger partial charge in [-0.15, -0.1) is 0 Å². The lowest BCUT2D eigenvalue weighted by atomic mass is 9.79. The van der Waals surface area contributed by atoms with Gasteiger partial charge in [0.1, 0.15) is 11.9 Å². The maximum atomic E-state index is 12.8. The highest BCUT2D eigenvalue weighted by molar-refractivity contribution is 6.07. The number of nitrogens with zero attached hydrogens (tertiary/aromatic N) is 2. The summed E-state index contributed by atoms with van der Waals surface area (Å²) in [5.74, 6) is 0.168. The molecule has 1 atom stereocenters. The number of amides is 1. The van der Waals surface area contributed by atoms with E-state index in [1.807, 2.05) is 12.1 Å². The molecule has 3 aromatic rings. The number of nitrogens with one attached hydrogen (secondary N) is 2. The zero-order valence-corrected chi connectivity index (χ0v) is 20.3. The van der Waals surface area contributed by atoms with E-state index in [2.05, 4.69) is 27.8 Å². The van der Waals surface area contributed by atoms with Gasteiger partial charge in [0.15, 0.2) is 0 Å². The highest BCUT2D eigenvalue weighted by Gasteiger charge is 2.30. The smallest absolute Gasteiger partial charge is 0.326 e. The summed E-state index contributed by atoms with van der Waals surface area (Å²) in [6.07, 6.45) is 8.31. The molecule has 1 amide bonds. The molecule has 1 aliphatic heterocycles. The molecule has 0 spiro atoms. The Hall–Kier alpha value is -3.52. The van der Waals surface area contributed by atoms with E-state index in [9.17, 15) is 14.7 Å². The number of rotatable bonds is 10. The molecular formula is C28H32N4O4. The average molecular weight is 489 g/mol. The van der Waals surface area contributed by atoms with E-state index < -0.39 is 17.9 Å². The van der Waals surface area contributed by atoms with E-state index >= 15 is 0 Å². The third kappa shape index (κ3) is 5.65. The molecular weight excluding hydrogens is 456 g/mol. The first kappa shape index (κ1) is 24.2. The molecule has 8 nitrogen and oxygen atoms in total. The maximum Gasteiger partial charge on any atom is 0.326 e. The summed E-state index contributed by atoms with van der Waals surface area (Å²) in [5.41, 5.74) is 3.55. The number of carbonyl (C=O) groups excluding carboxylic acids is 1. The lowest BCUT2D eigenvalue weighted by molar-refractivity contribution is -0.140. The molecule has 0 saturated heterocycles. The number of anilines is 1. The lowest BCUT2D eigenvalue weighted by Gasteiger charge is -2.35. The Bertz CT molecular complexity index is 1240. The number of carbonyl (C=O) groups is 2. The first-order valence-corrected chi connectivity index (χ1v) is 12.8. The van der Waals surface area contributed by atoms with Crippen LogP contribution >= 0.6 is 0 Å². The van der Waals surface area contributed by atoms with Crippen molar-refractivity contribution in [3.8, 4) is 0 Å². The number of fused-ring (bicyclic) bond motifs is 2. The summed E-state index contributed by atoms with van der Waals surface area (Å²) < 4.78 is 5.92. The minimum atomic E-state index is -1.07. The second-order valence-corrected chi connectivity index (χ2v) is 9.74. The average Bonchev–Trinajstić information content (AvgIpc) is 2.88. The van der Waals surface area contributed by atoms with Gasteiger partial charge < -0.3 is 20.5 Å². The van der Waals surface area contributed by atoms with Crippen molar-refractivity contribution in [2.75, 3.05) is 18.5 Å². The first-order valence-electron chi connectivity index (χ1n) is 12.8. The Balaban J connectivity index is 1.04. The van der Waals surface area contributed by atoms with Crippen LogP contribution < -0.4 is 10.6 Å². The zero-order chi connectivity index (χ0) is 24.9. The van der Waals surface area contributed by atoms with Gasteiger partial charge in [-0.2, -0.15) is 0 Å².